The fraction of sp³-hybridized carbons (Fsp3) is 1.00. The molecule has 0 aliphatic rings. The van der Waals surface area contributed by atoms with Gasteiger partial charge in [0.15, 0.2) is 0 Å². The first-order valence-corrected chi connectivity index (χ1v) is 11.8. The molecule has 0 saturated heterocycles. The summed E-state index contributed by atoms with van der Waals surface area (Å²) in [7, 11) is 0. The Labute approximate surface area is 160 Å². The maximum absolute atomic E-state index is 10.7. The molecule has 0 spiro atoms. The van der Waals surface area contributed by atoms with Gasteiger partial charge in [0, 0.05) is 0 Å². The van der Waals surface area contributed by atoms with Crippen molar-refractivity contribution < 1.29 is 5.11 Å². The van der Waals surface area contributed by atoms with Crippen LogP contribution in [0, 0.1) is 5.92 Å². The molecule has 2 atom stereocenters. The van der Waals surface area contributed by atoms with Crippen molar-refractivity contribution in [3.8, 4) is 0 Å². The lowest BCUT2D eigenvalue weighted by Crippen LogP contribution is -2.32. The molecule has 152 valence electrons. The summed E-state index contributed by atoms with van der Waals surface area (Å²) in [5, 5.41) is 10.7. The first-order chi connectivity index (χ1) is 12.0. The number of rotatable bonds is 19. The second-order valence-electron chi connectivity index (χ2n) is 8.75. The summed E-state index contributed by atoms with van der Waals surface area (Å²) in [6.45, 7) is 8.88. The van der Waals surface area contributed by atoms with Gasteiger partial charge in [0.1, 0.15) is 0 Å². The van der Waals surface area contributed by atoms with Crippen LogP contribution in [0.1, 0.15) is 143 Å². The fourth-order valence-corrected chi connectivity index (χ4v) is 3.76. The smallest absolute Gasteiger partial charge is 0.0645 e. The molecule has 0 fully saturated rings. The molecule has 0 aromatic carbocycles. The van der Waals surface area contributed by atoms with Crippen LogP contribution in [0.15, 0.2) is 0 Å². The highest BCUT2D eigenvalue weighted by Crippen LogP contribution is 2.28. The fourth-order valence-electron chi connectivity index (χ4n) is 3.76. The van der Waals surface area contributed by atoms with E-state index in [0.717, 1.165) is 6.42 Å². The molecule has 0 aromatic heterocycles. The Morgan fingerprint density at radius 3 is 1.40 bits per heavy atom. The van der Waals surface area contributed by atoms with Crippen molar-refractivity contribution in [2.75, 3.05) is 0 Å². The van der Waals surface area contributed by atoms with Crippen LogP contribution in [0.5, 0.6) is 0 Å². The Bertz CT molecular complexity index is 259. The highest BCUT2D eigenvalue weighted by molar-refractivity contribution is 4.79. The molecule has 0 aromatic rings. The van der Waals surface area contributed by atoms with Gasteiger partial charge >= 0.3 is 0 Å². The summed E-state index contributed by atoms with van der Waals surface area (Å²) in [6.07, 6.45) is 24.0. The molecule has 0 bridgehead atoms. The largest absolute Gasteiger partial charge is 0.390 e. The van der Waals surface area contributed by atoms with Gasteiger partial charge in [-0.1, -0.05) is 124 Å². The molecule has 1 N–H and O–H groups in total. The van der Waals surface area contributed by atoms with E-state index in [2.05, 4.69) is 27.7 Å². The number of hydrogen-bond acceptors (Lipinski definition) is 1. The molecule has 0 radical (unpaired) electrons. The lowest BCUT2D eigenvalue weighted by Gasteiger charge is -2.30. The van der Waals surface area contributed by atoms with Gasteiger partial charge in [-0.25, -0.2) is 0 Å². The van der Waals surface area contributed by atoms with Crippen LogP contribution in [0.2, 0.25) is 0 Å². The van der Waals surface area contributed by atoms with Crippen molar-refractivity contribution in [3.63, 3.8) is 0 Å². The Balaban J connectivity index is 3.52. The van der Waals surface area contributed by atoms with Gasteiger partial charge in [0.2, 0.25) is 0 Å². The maximum Gasteiger partial charge on any atom is 0.0645 e. The van der Waals surface area contributed by atoms with Gasteiger partial charge in [-0.2, -0.15) is 0 Å². The minimum absolute atomic E-state index is 0.442. The quantitative estimate of drug-likeness (QED) is 0.231. The normalized spacial score (nSPS) is 15.2. The lowest BCUT2D eigenvalue weighted by atomic mass is 9.82. The summed E-state index contributed by atoms with van der Waals surface area (Å²) in [6, 6.07) is 0. The van der Waals surface area contributed by atoms with Crippen molar-refractivity contribution in [3.05, 3.63) is 0 Å². The van der Waals surface area contributed by atoms with Crippen LogP contribution in [-0.4, -0.2) is 10.7 Å². The van der Waals surface area contributed by atoms with Crippen LogP contribution >= 0.6 is 0 Å². The zero-order chi connectivity index (χ0) is 18.8. The van der Waals surface area contributed by atoms with Crippen LogP contribution in [0.4, 0.5) is 0 Å². The van der Waals surface area contributed by atoms with Crippen LogP contribution < -0.4 is 0 Å². The second kappa shape index (κ2) is 17.4. The van der Waals surface area contributed by atoms with Gasteiger partial charge in [-0.3, -0.25) is 0 Å². The van der Waals surface area contributed by atoms with Crippen molar-refractivity contribution >= 4 is 0 Å². The van der Waals surface area contributed by atoms with Crippen LogP contribution in [0.3, 0.4) is 0 Å². The molecular formula is C24H50O. The first kappa shape index (κ1) is 25.0. The summed E-state index contributed by atoms with van der Waals surface area (Å²) in [4.78, 5) is 0. The van der Waals surface area contributed by atoms with Gasteiger partial charge in [-0.15, -0.1) is 0 Å². The van der Waals surface area contributed by atoms with Crippen LogP contribution in [-0.2, 0) is 0 Å². The molecule has 25 heavy (non-hydrogen) atoms. The minimum Gasteiger partial charge on any atom is -0.390 e. The average molecular weight is 355 g/mol. The molecule has 2 unspecified atom stereocenters. The number of aliphatic hydroxyl groups is 1. The predicted molar refractivity (Wildman–Crippen MR) is 114 cm³/mol. The molecule has 0 aliphatic heterocycles. The van der Waals surface area contributed by atoms with E-state index in [1.165, 1.54) is 109 Å². The van der Waals surface area contributed by atoms with E-state index in [1.807, 2.05) is 0 Å². The minimum atomic E-state index is -0.455. The molecular weight excluding hydrogens is 304 g/mol. The molecule has 0 rings (SSSR count). The average Bonchev–Trinajstić information content (AvgIpc) is 2.59. The lowest BCUT2D eigenvalue weighted by molar-refractivity contribution is -0.00804. The Kier molecular flexibility index (Phi) is 17.3. The third-order valence-corrected chi connectivity index (χ3v) is 6.09. The second-order valence-corrected chi connectivity index (χ2v) is 8.75. The van der Waals surface area contributed by atoms with Gasteiger partial charge in [0.25, 0.3) is 0 Å². The third-order valence-electron chi connectivity index (χ3n) is 6.09. The number of hydrogen-bond donors (Lipinski definition) is 1. The Morgan fingerprint density at radius 2 is 0.960 bits per heavy atom. The van der Waals surface area contributed by atoms with Crippen molar-refractivity contribution in [2.45, 2.75) is 149 Å². The van der Waals surface area contributed by atoms with Crippen molar-refractivity contribution in [1.82, 2.24) is 0 Å². The molecule has 0 amide bonds. The Morgan fingerprint density at radius 1 is 0.600 bits per heavy atom. The highest BCUT2D eigenvalue weighted by Gasteiger charge is 2.26. The Hall–Kier alpha value is -0.0400. The molecule has 0 saturated carbocycles. The summed E-state index contributed by atoms with van der Waals surface area (Å²) in [5.41, 5.74) is -0.455. The van der Waals surface area contributed by atoms with E-state index >= 15 is 0 Å². The molecule has 1 nitrogen and oxygen atoms in total. The standard InChI is InChI=1S/C24H50O/c1-5-7-9-11-13-14-15-16-18-20-22-24(4,25)23(3)21-19-17-12-10-8-6-2/h23,25H,5-22H2,1-4H3. The van der Waals surface area contributed by atoms with E-state index in [1.54, 1.807) is 0 Å². The van der Waals surface area contributed by atoms with Gasteiger partial charge < -0.3 is 5.11 Å². The van der Waals surface area contributed by atoms with Gasteiger partial charge in [0.05, 0.1) is 5.60 Å². The molecule has 1 heteroatoms. The maximum atomic E-state index is 10.7. The molecule has 0 heterocycles. The van der Waals surface area contributed by atoms with E-state index in [4.69, 9.17) is 0 Å². The van der Waals surface area contributed by atoms with Crippen molar-refractivity contribution in [2.24, 2.45) is 5.92 Å². The summed E-state index contributed by atoms with van der Waals surface area (Å²) in [5.74, 6) is 0.442. The van der Waals surface area contributed by atoms with E-state index in [-0.39, 0.29) is 0 Å². The zero-order valence-corrected chi connectivity index (χ0v) is 18.3. The third kappa shape index (κ3) is 15.9. The highest BCUT2D eigenvalue weighted by atomic mass is 16.3. The van der Waals surface area contributed by atoms with Crippen LogP contribution in [0.25, 0.3) is 0 Å². The number of unbranched alkanes of at least 4 members (excludes halogenated alkanes) is 14. The van der Waals surface area contributed by atoms with Crippen molar-refractivity contribution in [1.29, 1.82) is 0 Å². The SMILES string of the molecule is CCCCCCCCCCCCC(C)(O)C(C)CCCCCCCC. The molecule has 0 aliphatic carbocycles. The first-order valence-electron chi connectivity index (χ1n) is 11.8. The topological polar surface area (TPSA) is 20.2 Å². The van der Waals surface area contributed by atoms with E-state index < -0.39 is 5.60 Å². The zero-order valence-electron chi connectivity index (χ0n) is 18.3. The summed E-state index contributed by atoms with van der Waals surface area (Å²) < 4.78 is 0. The predicted octanol–water partition coefficient (Wildman–Crippen LogP) is 8.44. The van der Waals surface area contributed by atoms with Gasteiger partial charge in [-0.05, 0) is 25.7 Å². The van der Waals surface area contributed by atoms with E-state index in [0.29, 0.717) is 5.92 Å². The monoisotopic (exact) mass is 354 g/mol. The summed E-state index contributed by atoms with van der Waals surface area (Å²) >= 11 is 0. The van der Waals surface area contributed by atoms with E-state index in [9.17, 15) is 5.11 Å².